The van der Waals surface area contributed by atoms with E-state index in [0.717, 1.165) is 41.1 Å². The van der Waals surface area contributed by atoms with Gasteiger partial charge in [-0.15, -0.1) is 0 Å². The molecule has 6 heteroatoms. The molecule has 4 aliphatic rings. The third-order valence-corrected chi connectivity index (χ3v) is 8.95. The number of anilines is 1. The molecular formula is C30H39ClN2O3. The molecule has 0 radical (unpaired) electrons. The van der Waals surface area contributed by atoms with Crippen LogP contribution in [0.3, 0.4) is 0 Å². The molecule has 36 heavy (non-hydrogen) atoms. The summed E-state index contributed by atoms with van der Waals surface area (Å²) in [5, 5.41) is 7.15. The van der Waals surface area contributed by atoms with E-state index in [2.05, 4.69) is 17.6 Å². The van der Waals surface area contributed by atoms with Crippen molar-refractivity contribution in [2.45, 2.75) is 71.9 Å². The number of nitrogens with one attached hydrogen (secondary N) is 2. The first-order valence-corrected chi connectivity index (χ1v) is 13.9. The first kappa shape index (κ1) is 25.4. The zero-order chi connectivity index (χ0) is 25.3. The molecule has 2 N–H and O–H groups in total. The van der Waals surface area contributed by atoms with Crippen molar-refractivity contribution in [3.63, 3.8) is 0 Å². The number of halogens is 1. The Labute approximate surface area is 220 Å². The maximum Gasteiger partial charge on any atom is 0.262 e. The van der Waals surface area contributed by atoms with E-state index in [1.807, 2.05) is 50.2 Å². The summed E-state index contributed by atoms with van der Waals surface area (Å²) < 4.78 is 11.7. The zero-order valence-electron chi connectivity index (χ0n) is 21.7. The molecule has 0 spiro atoms. The minimum atomic E-state index is -0.243. The topological polar surface area (TPSA) is 59.6 Å². The summed E-state index contributed by atoms with van der Waals surface area (Å²) in [5.74, 6) is 3.58. The van der Waals surface area contributed by atoms with Crippen LogP contribution in [0, 0.1) is 30.1 Å². The fourth-order valence-electron chi connectivity index (χ4n) is 7.29. The van der Waals surface area contributed by atoms with Gasteiger partial charge in [0.25, 0.3) is 5.91 Å². The van der Waals surface area contributed by atoms with E-state index in [4.69, 9.17) is 21.1 Å². The number of amides is 1. The molecule has 1 amide bonds. The van der Waals surface area contributed by atoms with E-state index < -0.39 is 0 Å². The molecule has 1 atom stereocenters. The Morgan fingerprint density at radius 1 is 1.06 bits per heavy atom. The molecule has 194 valence electrons. The van der Waals surface area contributed by atoms with Gasteiger partial charge in [-0.3, -0.25) is 4.79 Å². The molecule has 2 aromatic rings. The number of carbonyl (C=O) groups is 1. The summed E-state index contributed by atoms with van der Waals surface area (Å²) in [6.45, 7) is 7.40. The molecule has 4 bridgehead atoms. The van der Waals surface area contributed by atoms with Gasteiger partial charge in [0, 0.05) is 18.3 Å². The van der Waals surface area contributed by atoms with E-state index in [0.29, 0.717) is 34.6 Å². The highest BCUT2D eigenvalue weighted by atomic mass is 35.5. The Hall–Kier alpha value is -2.24. The van der Waals surface area contributed by atoms with E-state index in [-0.39, 0.29) is 12.5 Å². The molecule has 4 saturated carbocycles. The van der Waals surface area contributed by atoms with Crippen LogP contribution in [0.4, 0.5) is 5.69 Å². The maximum atomic E-state index is 12.4. The Balaban J connectivity index is 1.21. The molecule has 0 aliphatic heterocycles. The van der Waals surface area contributed by atoms with Gasteiger partial charge in [-0.25, -0.2) is 0 Å². The van der Waals surface area contributed by atoms with Gasteiger partial charge in [0.2, 0.25) is 0 Å². The number of hydrogen-bond acceptors (Lipinski definition) is 4. The zero-order valence-corrected chi connectivity index (χ0v) is 22.5. The van der Waals surface area contributed by atoms with Gasteiger partial charge < -0.3 is 20.1 Å². The summed E-state index contributed by atoms with van der Waals surface area (Å²) in [6.07, 6.45) is 8.54. The Bertz CT molecular complexity index is 1050. The minimum Gasteiger partial charge on any atom is -0.490 e. The second-order valence-corrected chi connectivity index (χ2v) is 11.8. The van der Waals surface area contributed by atoms with Gasteiger partial charge in [0.1, 0.15) is 0 Å². The molecule has 0 saturated heterocycles. The van der Waals surface area contributed by atoms with Crippen LogP contribution in [0.2, 0.25) is 5.02 Å². The van der Waals surface area contributed by atoms with Crippen molar-refractivity contribution >= 4 is 23.2 Å². The fourth-order valence-corrected chi connectivity index (χ4v) is 7.58. The first-order valence-electron chi connectivity index (χ1n) is 13.5. The molecule has 2 aromatic carbocycles. The summed E-state index contributed by atoms with van der Waals surface area (Å²) in [4.78, 5) is 12.4. The van der Waals surface area contributed by atoms with Crippen LogP contribution in [0.25, 0.3) is 0 Å². The van der Waals surface area contributed by atoms with E-state index >= 15 is 0 Å². The quantitative estimate of drug-likeness (QED) is 0.370. The normalized spacial score (nSPS) is 27.1. The van der Waals surface area contributed by atoms with Gasteiger partial charge in [-0.2, -0.15) is 0 Å². The van der Waals surface area contributed by atoms with Crippen molar-refractivity contribution < 1.29 is 14.3 Å². The van der Waals surface area contributed by atoms with Crippen LogP contribution in [-0.2, 0) is 11.3 Å². The summed E-state index contributed by atoms with van der Waals surface area (Å²) in [5.41, 5.74) is 3.39. The summed E-state index contributed by atoms with van der Waals surface area (Å²) in [7, 11) is 0. The summed E-state index contributed by atoms with van der Waals surface area (Å²) in [6, 6.07) is 12.0. The molecule has 4 aliphatic carbocycles. The highest BCUT2D eigenvalue weighted by Gasteiger charge is 2.52. The van der Waals surface area contributed by atoms with Crippen LogP contribution in [0.15, 0.2) is 36.4 Å². The van der Waals surface area contributed by atoms with Crippen LogP contribution in [-0.4, -0.2) is 25.2 Å². The number of ether oxygens (including phenoxy) is 2. The van der Waals surface area contributed by atoms with E-state index in [1.54, 1.807) is 0 Å². The van der Waals surface area contributed by atoms with Crippen molar-refractivity contribution in [3.05, 3.63) is 52.5 Å². The summed E-state index contributed by atoms with van der Waals surface area (Å²) >= 11 is 6.64. The SMILES string of the molecule is CCOc1cc(CNC(C)C23CC4CC(CC(C4)C2)C3)cc(Cl)c1OCC(=O)Nc1ccc(C)cc1. The third-order valence-electron chi connectivity index (χ3n) is 8.67. The van der Waals surface area contributed by atoms with Gasteiger partial charge in [-0.1, -0.05) is 29.3 Å². The fraction of sp³-hybridized carbons (Fsp3) is 0.567. The largest absolute Gasteiger partial charge is 0.490 e. The average molecular weight is 511 g/mol. The maximum absolute atomic E-state index is 12.4. The minimum absolute atomic E-state index is 0.145. The molecule has 4 fully saturated rings. The molecular weight excluding hydrogens is 472 g/mol. The number of benzene rings is 2. The van der Waals surface area contributed by atoms with Crippen LogP contribution < -0.4 is 20.1 Å². The van der Waals surface area contributed by atoms with Crippen molar-refractivity contribution in [3.8, 4) is 11.5 Å². The lowest BCUT2D eigenvalue weighted by Gasteiger charge is -2.59. The van der Waals surface area contributed by atoms with Crippen LogP contribution in [0.1, 0.15) is 63.5 Å². The lowest BCUT2D eigenvalue weighted by atomic mass is 9.48. The van der Waals surface area contributed by atoms with E-state index in [1.165, 1.54) is 38.5 Å². The highest BCUT2D eigenvalue weighted by Crippen LogP contribution is 2.61. The standard InChI is InChI=1S/C30H39ClN2O3/c1-4-35-27-13-24(17-32-20(3)30-14-21-9-22(15-30)11-23(10-21)16-30)12-26(31)29(27)36-18-28(34)33-25-7-5-19(2)6-8-25/h5-8,12-13,20-23,32H,4,9-11,14-18H2,1-3H3,(H,33,34). The molecule has 0 aromatic heterocycles. The smallest absolute Gasteiger partial charge is 0.262 e. The number of rotatable bonds is 10. The highest BCUT2D eigenvalue weighted by molar-refractivity contribution is 6.32. The predicted octanol–water partition coefficient (Wildman–Crippen LogP) is 6.76. The monoisotopic (exact) mass is 510 g/mol. The third kappa shape index (κ3) is 5.52. The van der Waals surface area contributed by atoms with Crippen LogP contribution in [0.5, 0.6) is 11.5 Å². The van der Waals surface area contributed by atoms with Gasteiger partial charge in [0.05, 0.1) is 11.6 Å². The molecule has 0 heterocycles. The first-order chi connectivity index (χ1) is 17.3. The average Bonchev–Trinajstić information content (AvgIpc) is 2.83. The van der Waals surface area contributed by atoms with Crippen LogP contribution >= 0.6 is 11.6 Å². The Kier molecular flexibility index (Phi) is 7.50. The van der Waals surface area contributed by atoms with Crippen molar-refractivity contribution in [1.29, 1.82) is 0 Å². The lowest BCUT2D eigenvalue weighted by molar-refractivity contribution is -0.118. The lowest BCUT2D eigenvalue weighted by Crippen LogP contribution is -2.54. The van der Waals surface area contributed by atoms with Crippen molar-refractivity contribution in [1.82, 2.24) is 5.32 Å². The predicted molar refractivity (Wildman–Crippen MR) is 145 cm³/mol. The van der Waals surface area contributed by atoms with Crippen molar-refractivity contribution in [2.24, 2.45) is 23.2 Å². The van der Waals surface area contributed by atoms with Gasteiger partial charge in [-0.05, 0) is 112 Å². The van der Waals surface area contributed by atoms with Gasteiger partial charge in [0.15, 0.2) is 18.1 Å². The van der Waals surface area contributed by atoms with E-state index in [9.17, 15) is 4.79 Å². The molecule has 6 rings (SSSR count). The Morgan fingerprint density at radius 2 is 1.69 bits per heavy atom. The second kappa shape index (κ2) is 10.6. The Morgan fingerprint density at radius 3 is 2.31 bits per heavy atom. The van der Waals surface area contributed by atoms with Crippen molar-refractivity contribution in [2.75, 3.05) is 18.5 Å². The van der Waals surface area contributed by atoms with Gasteiger partial charge >= 0.3 is 0 Å². The number of aryl methyl sites for hydroxylation is 1. The second-order valence-electron chi connectivity index (χ2n) is 11.4. The number of hydrogen-bond donors (Lipinski definition) is 2. The number of carbonyl (C=O) groups excluding carboxylic acids is 1. The molecule has 1 unspecified atom stereocenters. The molecule has 5 nitrogen and oxygen atoms in total.